The van der Waals surface area contributed by atoms with Crippen LogP contribution in [0.5, 0.6) is 0 Å². The van der Waals surface area contributed by atoms with Crippen molar-refractivity contribution in [2.75, 3.05) is 0 Å². The van der Waals surface area contributed by atoms with Crippen LogP contribution in [0.4, 0.5) is 13.2 Å². The number of hydrogen-bond donors (Lipinski definition) is 1. The average molecular weight is 204 g/mol. The minimum absolute atomic E-state index is 0.409. The van der Waals surface area contributed by atoms with E-state index in [9.17, 15) is 18.3 Å². The van der Waals surface area contributed by atoms with Crippen LogP contribution >= 0.6 is 0 Å². The minimum Gasteiger partial charge on any atom is -0.466 e. The smallest absolute Gasteiger partial charge is 0.428 e. The first kappa shape index (κ1) is 10.6. The molecule has 0 aliphatic carbocycles. The van der Waals surface area contributed by atoms with Crippen molar-refractivity contribution in [1.29, 1.82) is 0 Å². The monoisotopic (exact) mass is 204 g/mol. The van der Waals surface area contributed by atoms with Crippen molar-refractivity contribution in [2.45, 2.75) is 11.8 Å². The molecule has 1 aromatic heterocycles. The van der Waals surface area contributed by atoms with Gasteiger partial charge in [0, 0.05) is 6.08 Å². The summed E-state index contributed by atoms with van der Waals surface area (Å²) < 4.78 is 41.8. The van der Waals surface area contributed by atoms with Gasteiger partial charge in [-0.2, -0.15) is 13.2 Å². The molecule has 0 saturated carbocycles. The van der Waals surface area contributed by atoms with Gasteiger partial charge in [-0.05, 0) is 12.1 Å². The number of halogens is 3. The Morgan fingerprint density at radius 2 is 2.14 bits per heavy atom. The number of hydrogen-bond acceptors (Lipinski definition) is 2. The first-order valence-electron chi connectivity index (χ1n) is 3.62. The molecule has 0 fully saturated rings. The standard InChI is InChI=1S/C9H7F3O2/c1-2-5-8(13,9(10,11)12)7-4-3-6-14-7/h3-6,13H,1H2/t8-/m1/s1. The molecule has 0 bridgehead atoms. The number of rotatable bonds is 2. The lowest BCUT2D eigenvalue weighted by Crippen LogP contribution is -2.39. The highest BCUT2D eigenvalue weighted by Gasteiger charge is 2.55. The second kappa shape index (κ2) is 3.36. The van der Waals surface area contributed by atoms with Crippen molar-refractivity contribution in [2.24, 2.45) is 0 Å². The van der Waals surface area contributed by atoms with Crippen LogP contribution < -0.4 is 0 Å². The molecule has 0 radical (unpaired) electrons. The largest absolute Gasteiger partial charge is 0.466 e. The fourth-order valence-electron chi connectivity index (χ4n) is 0.936. The normalized spacial score (nSPS) is 15.7. The third-order valence-electron chi connectivity index (χ3n) is 1.64. The van der Waals surface area contributed by atoms with E-state index in [0.717, 1.165) is 12.3 Å². The minimum atomic E-state index is -4.87. The van der Waals surface area contributed by atoms with Crippen LogP contribution in [0.15, 0.2) is 41.2 Å². The SMILES string of the molecule is C=C=C[C@@](O)(c1ccco1)C(F)(F)F. The maximum atomic E-state index is 12.4. The van der Waals surface area contributed by atoms with E-state index in [1.54, 1.807) is 0 Å². The summed E-state index contributed by atoms with van der Waals surface area (Å²) in [6.45, 7) is 2.99. The van der Waals surface area contributed by atoms with E-state index in [0.29, 0.717) is 6.08 Å². The molecule has 0 spiro atoms. The highest BCUT2D eigenvalue weighted by Crippen LogP contribution is 2.39. The van der Waals surface area contributed by atoms with E-state index < -0.39 is 17.5 Å². The zero-order valence-electron chi connectivity index (χ0n) is 7.01. The van der Waals surface area contributed by atoms with Crippen LogP contribution in [0, 0.1) is 0 Å². The molecule has 0 saturated heterocycles. The first-order valence-corrected chi connectivity index (χ1v) is 3.62. The van der Waals surface area contributed by atoms with Gasteiger partial charge in [-0.1, -0.05) is 6.58 Å². The molecule has 14 heavy (non-hydrogen) atoms. The van der Waals surface area contributed by atoms with Gasteiger partial charge >= 0.3 is 6.18 Å². The second-order valence-electron chi connectivity index (χ2n) is 2.59. The van der Waals surface area contributed by atoms with Crippen molar-refractivity contribution in [3.63, 3.8) is 0 Å². The van der Waals surface area contributed by atoms with Gasteiger partial charge in [0.05, 0.1) is 6.26 Å². The van der Waals surface area contributed by atoms with Crippen molar-refractivity contribution in [1.82, 2.24) is 0 Å². The molecule has 1 aromatic rings. The van der Waals surface area contributed by atoms with Gasteiger partial charge < -0.3 is 9.52 Å². The summed E-state index contributed by atoms with van der Waals surface area (Å²) in [6, 6.07) is 2.28. The molecular weight excluding hydrogens is 197 g/mol. The van der Waals surface area contributed by atoms with Crippen LogP contribution in [-0.4, -0.2) is 11.3 Å². The van der Waals surface area contributed by atoms with Gasteiger partial charge in [-0.25, -0.2) is 0 Å². The summed E-state index contributed by atoms with van der Waals surface area (Å²) >= 11 is 0. The fraction of sp³-hybridized carbons (Fsp3) is 0.222. The first-order chi connectivity index (χ1) is 6.42. The maximum absolute atomic E-state index is 12.4. The summed E-state index contributed by atoms with van der Waals surface area (Å²) in [4.78, 5) is 0. The van der Waals surface area contributed by atoms with Gasteiger partial charge in [-0.15, -0.1) is 5.73 Å². The molecule has 2 nitrogen and oxygen atoms in total. The summed E-state index contributed by atoms with van der Waals surface area (Å²) in [5.74, 6) is -0.610. The molecule has 0 amide bonds. The zero-order chi connectivity index (χ0) is 10.8. The predicted molar refractivity (Wildman–Crippen MR) is 42.4 cm³/mol. The Morgan fingerprint density at radius 1 is 1.50 bits per heavy atom. The Hall–Kier alpha value is -1.45. The third-order valence-corrected chi connectivity index (χ3v) is 1.64. The average Bonchev–Trinajstić information content (AvgIpc) is 2.54. The van der Waals surface area contributed by atoms with Crippen LogP contribution in [0.25, 0.3) is 0 Å². The summed E-state index contributed by atoms with van der Waals surface area (Å²) in [5.41, 5.74) is -1.26. The summed E-state index contributed by atoms with van der Waals surface area (Å²) in [7, 11) is 0. The van der Waals surface area contributed by atoms with Crippen molar-refractivity contribution >= 4 is 0 Å². The lowest BCUT2D eigenvalue weighted by atomic mass is 10.0. The molecule has 1 N–H and O–H groups in total. The Labute approximate surface area is 78.0 Å². The second-order valence-corrected chi connectivity index (χ2v) is 2.59. The Morgan fingerprint density at radius 3 is 2.50 bits per heavy atom. The highest BCUT2D eigenvalue weighted by molar-refractivity contribution is 5.20. The number of furan rings is 1. The van der Waals surface area contributed by atoms with E-state index in [1.165, 1.54) is 6.07 Å². The molecule has 76 valence electrons. The molecule has 0 aliphatic rings. The Kier molecular flexibility index (Phi) is 2.55. The Balaban J connectivity index is 3.26. The predicted octanol–water partition coefficient (Wildman–Crippen LogP) is 2.37. The van der Waals surface area contributed by atoms with Gasteiger partial charge in [-0.3, -0.25) is 0 Å². The van der Waals surface area contributed by atoms with Gasteiger partial charge in [0.15, 0.2) is 0 Å². The van der Waals surface area contributed by atoms with Crippen LogP contribution in [0.1, 0.15) is 5.76 Å². The lowest BCUT2D eigenvalue weighted by molar-refractivity contribution is -0.250. The molecule has 1 rings (SSSR count). The molecule has 0 aromatic carbocycles. The number of aliphatic hydroxyl groups is 1. The highest BCUT2D eigenvalue weighted by atomic mass is 19.4. The van der Waals surface area contributed by atoms with Crippen LogP contribution in [0.2, 0.25) is 0 Å². The lowest BCUT2D eigenvalue weighted by Gasteiger charge is -2.24. The fourth-order valence-corrected chi connectivity index (χ4v) is 0.936. The van der Waals surface area contributed by atoms with Gasteiger partial charge in [0.1, 0.15) is 5.76 Å². The van der Waals surface area contributed by atoms with E-state index in [4.69, 9.17) is 0 Å². The van der Waals surface area contributed by atoms with Gasteiger partial charge in [0.25, 0.3) is 0 Å². The Bertz CT molecular complexity index is 347. The molecule has 1 heterocycles. The van der Waals surface area contributed by atoms with E-state index in [2.05, 4.69) is 11.0 Å². The zero-order valence-corrected chi connectivity index (χ0v) is 7.01. The van der Waals surface area contributed by atoms with Crippen molar-refractivity contribution in [3.05, 3.63) is 42.5 Å². The van der Waals surface area contributed by atoms with E-state index in [1.807, 2.05) is 5.73 Å². The summed E-state index contributed by atoms with van der Waals surface area (Å²) in [5, 5.41) is 9.33. The number of alkyl halides is 3. The quantitative estimate of drug-likeness (QED) is 0.750. The molecular formula is C9H7F3O2. The third kappa shape index (κ3) is 1.60. The van der Waals surface area contributed by atoms with Crippen molar-refractivity contribution < 1.29 is 22.7 Å². The molecule has 0 unspecified atom stereocenters. The van der Waals surface area contributed by atoms with Crippen molar-refractivity contribution in [3.8, 4) is 0 Å². The van der Waals surface area contributed by atoms with E-state index >= 15 is 0 Å². The maximum Gasteiger partial charge on any atom is 0.428 e. The molecule has 5 heteroatoms. The van der Waals surface area contributed by atoms with Crippen LogP contribution in [0.3, 0.4) is 0 Å². The topological polar surface area (TPSA) is 33.4 Å². The van der Waals surface area contributed by atoms with E-state index in [-0.39, 0.29) is 0 Å². The summed E-state index contributed by atoms with van der Waals surface area (Å²) in [6.07, 6.45) is -3.41. The van der Waals surface area contributed by atoms with Gasteiger partial charge in [0.2, 0.25) is 5.60 Å². The molecule has 0 aliphatic heterocycles. The van der Waals surface area contributed by atoms with Crippen LogP contribution in [-0.2, 0) is 5.60 Å². The molecule has 1 atom stereocenters.